The molecular formula is C17H19NO3. The molecule has 4 heteroatoms. The van der Waals surface area contributed by atoms with Gasteiger partial charge in [0.25, 0.3) is 5.91 Å². The van der Waals surface area contributed by atoms with Gasteiger partial charge in [-0.1, -0.05) is 38.0 Å². The standard InChI is InChI=1S/C17H19NO3/c1-11-6-2-4-8-14(11)18-16(19)13-10-12-7-3-5-9-15(12)21-17(13)20/h3,5,7,9-11,14H,2,4,6,8H2,1H3,(H,18,19)/t11-,14+/m0/s1. The summed E-state index contributed by atoms with van der Waals surface area (Å²) >= 11 is 0. The summed E-state index contributed by atoms with van der Waals surface area (Å²) < 4.78 is 5.21. The summed E-state index contributed by atoms with van der Waals surface area (Å²) in [5, 5.41) is 3.75. The van der Waals surface area contributed by atoms with E-state index in [-0.39, 0.29) is 17.5 Å². The van der Waals surface area contributed by atoms with E-state index in [2.05, 4.69) is 12.2 Å². The lowest BCUT2D eigenvalue weighted by Gasteiger charge is -2.29. The minimum absolute atomic E-state index is 0.0893. The Morgan fingerprint density at radius 3 is 2.81 bits per heavy atom. The molecule has 1 N–H and O–H groups in total. The summed E-state index contributed by atoms with van der Waals surface area (Å²) in [4.78, 5) is 24.3. The summed E-state index contributed by atoms with van der Waals surface area (Å²) in [5.74, 6) is 0.128. The van der Waals surface area contributed by atoms with Gasteiger partial charge in [0.2, 0.25) is 0 Å². The van der Waals surface area contributed by atoms with Crippen LogP contribution in [0.4, 0.5) is 0 Å². The van der Waals surface area contributed by atoms with Crippen LogP contribution in [0.15, 0.2) is 39.5 Å². The number of fused-ring (bicyclic) bond motifs is 1. The summed E-state index contributed by atoms with van der Waals surface area (Å²) in [6.45, 7) is 2.15. The molecule has 1 aliphatic carbocycles. The van der Waals surface area contributed by atoms with Gasteiger partial charge in [-0.05, 0) is 30.9 Å². The number of hydrogen-bond acceptors (Lipinski definition) is 3. The van der Waals surface area contributed by atoms with Gasteiger partial charge in [-0.3, -0.25) is 4.79 Å². The molecule has 0 spiro atoms. The highest BCUT2D eigenvalue weighted by Crippen LogP contribution is 2.24. The van der Waals surface area contributed by atoms with E-state index >= 15 is 0 Å². The Morgan fingerprint density at radius 1 is 1.24 bits per heavy atom. The van der Waals surface area contributed by atoms with Crippen molar-refractivity contribution in [3.05, 3.63) is 46.3 Å². The van der Waals surface area contributed by atoms with E-state index in [9.17, 15) is 9.59 Å². The fraction of sp³-hybridized carbons (Fsp3) is 0.412. The topological polar surface area (TPSA) is 59.3 Å². The zero-order valence-corrected chi connectivity index (χ0v) is 12.1. The van der Waals surface area contributed by atoms with Crippen molar-refractivity contribution >= 4 is 16.9 Å². The second-order valence-corrected chi connectivity index (χ2v) is 5.83. The van der Waals surface area contributed by atoms with Crippen molar-refractivity contribution in [1.82, 2.24) is 5.32 Å². The number of nitrogens with one attached hydrogen (secondary N) is 1. The maximum Gasteiger partial charge on any atom is 0.349 e. The number of rotatable bonds is 2. The van der Waals surface area contributed by atoms with Crippen LogP contribution in [0.3, 0.4) is 0 Å². The van der Waals surface area contributed by atoms with Gasteiger partial charge < -0.3 is 9.73 Å². The monoisotopic (exact) mass is 285 g/mol. The average molecular weight is 285 g/mol. The predicted octanol–water partition coefficient (Wildman–Crippen LogP) is 3.10. The number of carbonyl (C=O) groups excluding carboxylic acids is 1. The van der Waals surface area contributed by atoms with Gasteiger partial charge >= 0.3 is 5.63 Å². The largest absolute Gasteiger partial charge is 0.422 e. The van der Waals surface area contributed by atoms with E-state index in [1.165, 1.54) is 6.42 Å². The second-order valence-electron chi connectivity index (χ2n) is 5.83. The Kier molecular flexibility index (Phi) is 3.78. The van der Waals surface area contributed by atoms with Crippen molar-refractivity contribution in [2.45, 2.75) is 38.6 Å². The lowest BCUT2D eigenvalue weighted by molar-refractivity contribution is 0.0906. The number of para-hydroxylation sites is 1. The van der Waals surface area contributed by atoms with E-state index in [1.807, 2.05) is 12.1 Å². The van der Waals surface area contributed by atoms with Crippen LogP contribution in [0.2, 0.25) is 0 Å². The van der Waals surface area contributed by atoms with Crippen molar-refractivity contribution in [1.29, 1.82) is 0 Å². The molecule has 1 aromatic carbocycles. The fourth-order valence-electron chi connectivity index (χ4n) is 3.00. The van der Waals surface area contributed by atoms with Crippen LogP contribution in [0.1, 0.15) is 43.0 Å². The van der Waals surface area contributed by atoms with Crippen molar-refractivity contribution in [3.8, 4) is 0 Å². The highest BCUT2D eigenvalue weighted by molar-refractivity contribution is 5.96. The van der Waals surface area contributed by atoms with Crippen LogP contribution in [0.5, 0.6) is 0 Å². The van der Waals surface area contributed by atoms with Gasteiger partial charge in [0.05, 0.1) is 0 Å². The molecule has 3 rings (SSSR count). The van der Waals surface area contributed by atoms with Crippen molar-refractivity contribution in [2.75, 3.05) is 0 Å². The fourth-order valence-corrected chi connectivity index (χ4v) is 3.00. The third-order valence-corrected chi connectivity index (χ3v) is 4.31. The van der Waals surface area contributed by atoms with E-state index < -0.39 is 5.63 Å². The molecule has 1 saturated carbocycles. The van der Waals surface area contributed by atoms with Gasteiger partial charge in [0.1, 0.15) is 11.1 Å². The van der Waals surface area contributed by atoms with Gasteiger partial charge in [0.15, 0.2) is 0 Å². The minimum atomic E-state index is -0.574. The minimum Gasteiger partial charge on any atom is -0.422 e. The first-order chi connectivity index (χ1) is 10.1. The van der Waals surface area contributed by atoms with Crippen LogP contribution in [-0.2, 0) is 0 Å². The molecule has 21 heavy (non-hydrogen) atoms. The van der Waals surface area contributed by atoms with Crippen molar-refractivity contribution in [3.63, 3.8) is 0 Å². The molecule has 4 nitrogen and oxygen atoms in total. The average Bonchev–Trinajstić information content (AvgIpc) is 2.49. The van der Waals surface area contributed by atoms with Crippen molar-refractivity contribution in [2.24, 2.45) is 5.92 Å². The van der Waals surface area contributed by atoms with Crippen LogP contribution in [-0.4, -0.2) is 11.9 Å². The molecule has 0 aliphatic heterocycles. The molecule has 1 aromatic heterocycles. The third-order valence-electron chi connectivity index (χ3n) is 4.31. The first-order valence-electron chi connectivity index (χ1n) is 7.49. The number of hydrogen-bond donors (Lipinski definition) is 1. The Bertz CT molecular complexity index is 719. The zero-order valence-electron chi connectivity index (χ0n) is 12.1. The summed E-state index contributed by atoms with van der Waals surface area (Å²) in [7, 11) is 0. The normalized spacial score (nSPS) is 22.1. The molecular weight excluding hydrogens is 266 g/mol. The Hall–Kier alpha value is -2.10. The van der Waals surface area contributed by atoms with Crippen molar-refractivity contribution < 1.29 is 9.21 Å². The predicted molar refractivity (Wildman–Crippen MR) is 81.4 cm³/mol. The van der Waals surface area contributed by atoms with E-state index in [0.29, 0.717) is 11.5 Å². The third kappa shape index (κ3) is 2.84. The summed E-state index contributed by atoms with van der Waals surface area (Å²) in [6.07, 6.45) is 4.44. The maximum atomic E-state index is 12.4. The van der Waals surface area contributed by atoms with Crippen LogP contribution in [0.25, 0.3) is 11.0 Å². The second kappa shape index (κ2) is 5.72. The molecule has 1 fully saturated rings. The number of amides is 1. The SMILES string of the molecule is C[C@H]1CCCC[C@H]1NC(=O)c1cc2ccccc2oc1=O. The molecule has 0 radical (unpaired) electrons. The lowest BCUT2D eigenvalue weighted by atomic mass is 9.86. The highest BCUT2D eigenvalue weighted by atomic mass is 16.4. The molecule has 1 heterocycles. The van der Waals surface area contributed by atoms with Gasteiger partial charge in [-0.2, -0.15) is 0 Å². The first kappa shape index (κ1) is 13.9. The Labute approximate surface area is 123 Å². The molecule has 110 valence electrons. The van der Waals surface area contributed by atoms with Crippen LogP contribution >= 0.6 is 0 Å². The van der Waals surface area contributed by atoms with E-state index in [0.717, 1.165) is 24.6 Å². The zero-order chi connectivity index (χ0) is 14.8. The molecule has 1 amide bonds. The maximum absolute atomic E-state index is 12.4. The molecule has 0 bridgehead atoms. The Balaban J connectivity index is 1.87. The van der Waals surface area contributed by atoms with Gasteiger partial charge in [0, 0.05) is 11.4 Å². The molecule has 2 atom stereocenters. The molecule has 0 saturated heterocycles. The van der Waals surface area contributed by atoms with Crippen LogP contribution < -0.4 is 10.9 Å². The van der Waals surface area contributed by atoms with Gasteiger partial charge in [-0.15, -0.1) is 0 Å². The summed E-state index contributed by atoms with van der Waals surface area (Å²) in [5.41, 5.74) is 0.0196. The van der Waals surface area contributed by atoms with Gasteiger partial charge in [-0.25, -0.2) is 4.79 Å². The van der Waals surface area contributed by atoms with Crippen LogP contribution in [0, 0.1) is 5.92 Å². The highest BCUT2D eigenvalue weighted by Gasteiger charge is 2.24. The molecule has 0 unspecified atom stereocenters. The Morgan fingerprint density at radius 2 is 2.00 bits per heavy atom. The lowest BCUT2D eigenvalue weighted by Crippen LogP contribution is -2.42. The first-order valence-corrected chi connectivity index (χ1v) is 7.49. The molecule has 1 aliphatic rings. The summed E-state index contributed by atoms with van der Waals surface area (Å²) in [6, 6.07) is 8.98. The van der Waals surface area contributed by atoms with E-state index in [1.54, 1.807) is 18.2 Å². The number of benzene rings is 1. The smallest absolute Gasteiger partial charge is 0.349 e. The van der Waals surface area contributed by atoms with E-state index in [4.69, 9.17) is 4.42 Å². The number of carbonyl (C=O) groups is 1. The molecule has 2 aromatic rings. The quantitative estimate of drug-likeness (QED) is 0.862.